The summed E-state index contributed by atoms with van der Waals surface area (Å²) in [6, 6.07) is 5.54. The minimum atomic E-state index is -1.39. The standard InChI is InChI=1S/C16H17N3O4/c1-10-4-3-7-19(13(10)21)9-16(14(22)17-15(23)18-16)11-5-2-6-12(20)8-11/h2-8,13,20-21H,9H2,1H3,(H2,17,18,22,23). The maximum atomic E-state index is 12.5. The molecule has 2 unspecified atom stereocenters. The molecule has 0 bridgehead atoms. The number of urea groups is 1. The van der Waals surface area contributed by atoms with Crippen molar-refractivity contribution in [3.05, 3.63) is 53.8 Å². The predicted molar refractivity (Wildman–Crippen MR) is 82.1 cm³/mol. The van der Waals surface area contributed by atoms with Gasteiger partial charge in [0.1, 0.15) is 12.0 Å². The van der Waals surface area contributed by atoms with Crippen LogP contribution in [0.5, 0.6) is 5.75 Å². The van der Waals surface area contributed by atoms with Crippen LogP contribution in [0.15, 0.2) is 48.2 Å². The van der Waals surface area contributed by atoms with Crippen LogP contribution in [0.3, 0.4) is 0 Å². The largest absolute Gasteiger partial charge is 0.508 e. The predicted octanol–water partition coefficient (Wildman–Crippen LogP) is 0.521. The molecule has 2 heterocycles. The second-order valence-corrected chi connectivity index (χ2v) is 5.66. The molecule has 120 valence electrons. The van der Waals surface area contributed by atoms with E-state index in [1.54, 1.807) is 42.3 Å². The maximum absolute atomic E-state index is 12.5. The summed E-state index contributed by atoms with van der Waals surface area (Å²) in [6.45, 7) is 1.80. The Kier molecular flexibility index (Phi) is 3.57. The van der Waals surface area contributed by atoms with Gasteiger partial charge in [0, 0.05) is 6.20 Å². The van der Waals surface area contributed by atoms with Gasteiger partial charge in [0.25, 0.3) is 5.91 Å². The Labute approximate surface area is 132 Å². The van der Waals surface area contributed by atoms with Gasteiger partial charge in [0.15, 0.2) is 5.54 Å². The van der Waals surface area contributed by atoms with E-state index in [0.29, 0.717) is 5.56 Å². The number of rotatable bonds is 3. The zero-order valence-electron chi connectivity index (χ0n) is 12.5. The van der Waals surface area contributed by atoms with Crippen LogP contribution in [0, 0.1) is 0 Å². The van der Waals surface area contributed by atoms with Gasteiger partial charge in [-0.15, -0.1) is 0 Å². The first-order valence-corrected chi connectivity index (χ1v) is 7.14. The number of allylic oxidation sites excluding steroid dienone is 2. The number of aliphatic hydroxyl groups is 1. The fourth-order valence-electron chi connectivity index (χ4n) is 2.82. The number of imide groups is 1. The van der Waals surface area contributed by atoms with Crippen molar-refractivity contribution < 1.29 is 19.8 Å². The van der Waals surface area contributed by atoms with Gasteiger partial charge in [-0.05, 0) is 36.3 Å². The highest BCUT2D eigenvalue weighted by atomic mass is 16.3. The average Bonchev–Trinajstić information content (AvgIpc) is 2.79. The first kappa shape index (κ1) is 15.1. The summed E-state index contributed by atoms with van der Waals surface area (Å²) in [5, 5.41) is 24.8. The number of phenols is 1. The third-order valence-corrected chi connectivity index (χ3v) is 4.06. The molecule has 2 aliphatic heterocycles. The van der Waals surface area contributed by atoms with E-state index >= 15 is 0 Å². The number of carbonyl (C=O) groups is 2. The molecule has 2 aliphatic rings. The van der Waals surface area contributed by atoms with E-state index in [0.717, 1.165) is 5.57 Å². The highest BCUT2D eigenvalue weighted by molar-refractivity contribution is 6.07. The maximum Gasteiger partial charge on any atom is 0.322 e. The minimum absolute atomic E-state index is 0.0124. The van der Waals surface area contributed by atoms with Crippen molar-refractivity contribution >= 4 is 11.9 Å². The van der Waals surface area contributed by atoms with Crippen molar-refractivity contribution in [3.63, 3.8) is 0 Å². The molecule has 0 aliphatic carbocycles. The number of phenolic OH excluding ortho intramolecular Hbond substituents is 1. The third-order valence-electron chi connectivity index (χ3n) is 4.06. The number of hydrogen-bond acceptors (Lipinski definition) is 5. The van der Waals surface area contributed by atoms with Gasteiger partial charge in [-0.25, -0.2) is 4.79 Å². The van der Waals surface area contributed by atoms with Gasteiger partial charge in [0.2, 0.25) is 0 Å². The Morgan fingerprint density at radius 2 is 2.13 bits per heavy atom. The fraction of sp³-hybridized carbons (Fsp3) is 0.250. The summed E-state index contributed by atoms with van der Waals surface area (Å²) in [5.74, 6) is -0.539. The molecule has 1 fully saturated rings. The fourth-order valence-corrected chi connectivity index (χ4v) is 2.82. The summed E-state index contributed by atoms with van der Waals surface area (Å²) >= 11 is 0. The first-order chi connectivity index (χ1) is 10.9. The zero-order chi connectivity index (χ0) is 16.6. The zero-order valence-corrected chi connectivity index (χ0v) is 12.5. The van der Waals surface area contributed by atoms with Crippen LogP contribution in [0.25, 0.3) is 0 Å². The van der Waals surface area contributed by atoms with E-state index in [2.05, 4.69) is 10.6 Å². The Balaban J connectivity index is 2.01. The van der Waals surface area contributed by atoms with Crippen LogP contribution >= 0.6 is 0 Å². The quantitative estimate of drug-likeness (QED) is 0.609. The van der Waals surface area contributed by atoms with Gasteiger partial charge < -0.3 is 20.4 Å². The van der Waals surface area contributed by atoms with Crippen molar-refractivity contribution in [1.82, 2.24) is 15.5 Å². The van der Waals surface area contributed by atoms with Crippen molar-refractivity contribution in [3.8, 4) is 5.75 Å². The second kappa shape index (κ2) is 5.44. The molecule has 4 N–H and O–H groups in total. The van der Waals surface area contributed by atoms with Gasteiger partial charge in [-0.3, -0.25) is 10.1 Å². The Morgan fingerprint density at radius 1 is 1.35 bits per heavy atom. The molecule has 0 spiro atoms. The van der Waals surface area contributed by atoms with Gasteiger partial charge in [-0.2, -0.15) is 0 Å². The third kappa shape index (κ3) is 2.55. The highest BCUT2D eigenvalue weighted by Crippen LogP contribution is 2.30. The number of nitrogens with one attached hydrogen (secondary N) is 2. The van der Waals surface area contributed by atoms with Crippen molar-refractivity contribution in [2.24, 2.45) is 0 Å². The summed E-state index contributed by atoms with van der Waals surface area (Å²) < 4.78 is 0. The molecule has 23 heavy (non-hydrogen) atoms. The molecule has 0 radical (unpaired) electrons. The van der Waals surface area contributed by atoms with Gasteiger partial charge in [0.05, 0.1) is 6.54 Å². The summed E-state index contributed by atoms with van der Waals surface area (Å²) in [7, 11) is 0. The molecule has 1 aromatic carbocycles. The van der Waals surface area contributed by atoms with E-state index < -0.39 is 23.7 Å². The summed E-state index contributed by atoms with van der Waals surface area (Å²) in [5.41, 5.74) is -0.226. The van der Waals surface area contributed by atoms with Crippen LogP contribution in [0.2, 0.25) is 0 Å². The Bertz CT molecular complexity index is 728. The van der Waals surface area contributed by atoms with Gasteiger partial charge >= 0.3 is 6.03 Å². The highest BCUT2D eigenvalue weighted by Gasteiger charge is 2.49. The second-order valence-electron chi connectivity index (χ2n) is 5.66. The molecule has 3 amide bonds. The lowest BCUT2D eigenvalue weighted by molar-refractivity contribution is -0.125. The molecule has 1 aromatic rings. The lowest BCUT2D eigenvalue weighted by Crippen LogP contribution is -2.53. The smallest absolute Gasteiger partial charge is 0.322 e. The van der Waals surface area contributed by atoms with E-state index in [-0.39, 0.29) is 12.3 Å². The summed E-state index contributed by atoms with van der Waals surface area (Å²) in [6.07, 6.45) is 4.29. The first-order valence-electron chi connectivity index (χ1n) is 7.14. The molecule has 0 aromatic heterocycles. The summed E-state index contributed by atoms with van der Waals surface area (Å²) in [4.78, 5) is 25.7. The Morgan fingerprint density at radius 3 is 2.78 bits per heavy atom. The number of aromatic hydroxyl groups is 1. The monoisotopic (exact) mass is 315 g/mol. The van der Waals surface area contributed by atoms with E-state index in [1.165, 1.54) is 12.1 Å². The number of amides is 3. The molecule has 1 saturated heterocycles. The van der Waals surface area contributed by atoms with Crippen LogP contribution in [-0.4, -0.2) is 39.8 Å². The van der Waals surface area contributed by atoms with Crippen LogP contribution in [-0.2, 0) is 10.3 Å². The molecule has 7 nitrogen and oxygen atoms in total. The molecule has 3 rings (SSSR count). The number of carbonyl (C=O) groups excluding carboxylic acids is 2. The van der Waals surface area contributed by atoms with E-state index in [4.69, 9.17) is 0 Å². The van der Waals surface area contributed by atoms with Crippen molar-refractivity contribution in [1.29, 1.82) is 0 Å². The lowest BCUT2D eigenvalue weighted by atomic mass is 9.88. The molecular formula is C16H17N3O4. The molecule has 0 saturated carbocycles. The average molecular weight is 315 g/mol. The van der Waals surface area contributed by atoms with Gasteiger partial charge in [-0.1, -0.05) is 18.2 Å². The normalized spacial score (nSPS) is 26.8. The Hall–Kier alpha value is -2.80. The van der Waals surface area contributed by atoms with Crippen LogP contribution < -0.4 is 10.6 Å². The molecule has 2 atom stereocenters. The van der Waals surface area contributed by atoms with Crippen LogP contribution in [0.1, 0.15) is 12.5 Å². The van der Waals surface area contributed by atoms with Crippen LogP contribution in [0.4, 0.5) is 4.79 Å². The lowest BCUT2D eigenvalue weighted by Gasteiger charge is -2.36. The molecular weight excluding hydrogens is 298 g/mol. The number of benzene rings is 1. The van der Waals surface area contributed by atoms with Crippen molar-refractivity contribution in [2.45, 2.75) is 18.7 Å². The van der Waals surface area contributed by atoms with E-state index in [9.17, 15) is 19.8 Å². The minimum Gasteiger partial charge on any atom is -0.508 e. The van der Waals surface area contributed by atoms with E-state index in [1.807, 2.05) is 0 Å². The SMILES string of the molecule is CC1=CC=CN(CC2(c3cccc(O)c3)NC(=O)NC2=O)C1O. The molecule has 7 heteroatoms. The number of nitrogens with zero attached hydrogens (tertiary/aromatic N) is 1. The topological polar surface area (TPSA) is 102 Å². The van der Waals surface area contributed by atoms with Crippen molar-refractivity contribution in [2.75, 3.05) is 6.54 Å². The number of hydrogen-bond donors (Lipinski definition) is 4. The number of aliphatic hydroxyl groups excluding tert-OH is 1.